The van der Waals surface area contributed by atoms with E-state index in [1.54, 1.807) is 6.20 Å². The highest BCUT2D eigenvalue weighted by Gasteiger charge is 2.23. The smallest absolute Gasteiger partial charge is 0.0964 e. The number of thioether (sulfide) groups is 1. The number of pyridine rings is 1. The SMILES string of the molecule is Clc1ccc(SC2CCN(Cc3ccccc3)C2)nc1. The van der Waals surface area contributed by atoms with Gasteiger partial charge in [-0.15, -0.1) is 11.8 Å². The Balaban J connectivity index is 1.53. The van der Waals surface area contributed by atoms with Crippen LogP contribution in [0.15, 0.2) is 53.7 Å². The third-order valence-electron chi connectivity index (χ3n) is 3.47. The van der Waals surface area contributed by atoms with Gasteiger partial charge in [0, 0.05) is 24.5 Å². The molecule has 1 aliphatic heterocycles. The second kappa shape index (κ2) is 6.61. The van der Waals surface area contributed by atoms with Crippen molar-refractivity contribution in [1.82, 2.24) is 9.88 Å². The molecule has 104 valence electrons. The molecule has 1 unspecified atom stereocenters. The molecule has 4 heteroatoms. The molecule has 0 saturated carbocycles. The highest BCUT2D eigenvalue weighted by Crippen LogP contribution is 2.29. The monoisotopic (exact) mass is 304 g/mol. The number of aromatic nitrogens is 1. The third kappa shape index (κ3) is 3.75. The average Bonchev–Trinajstić information content (AvgIpc) is 2.90. The van der Waals surface area contributed by atoms with Crippen LogP contribution in [0.1, 0.15) is 12.0 Å². The Hall–Kier alpha value is -1.03. The molecule has 0 aliphatic carbocycles. The maximum Gasteiger partial charge on any atom is 0.0964 e. The van der Waals surface area contributed by atoms with Gasteiger partial charge in [-0.3, -0.25) is 4.90 Å². The van der Waals surface area contributed by atoms with Gasteiger partial charge in [0.15, 0.2) is 0 Å². The van der Waals surface area contributed by atoms with E-state index in [0.717, 1.165) is 18.1 Å². The first-order chi connectivity index (χ1) is 9.79. The molecule has 2 nitrogen and oxygen atoms in total. The van der Waals surface area contributed by atoms with Crippen LogP contribution in [0, 0.1) is 0 Å². The van der Waals surface area contributed by atoms with Crippen LogP contribution in [0.25, 0.3) is 0 Å². The minimum Gasteiger partial charge on any atom is -0.298 e. The number of rotatable bonds is 4. The van der Waals surface area contributed by atoms with Crippen LogP contribution in [-0.2, 0) is 6.54 Å². The summed E-state index contributed by atoms with van der Waals surface area (Å²) in [5.74, 6) is 0. The van der Waals surface area contributed by atoms with E-state index in [1.807, 2.05) is 23.9 Å². The van der Waals surface area contributed by atoms with E-state index in [4.69, 9.17) is 11.6 Å². The first kappa shape index (κ1) is 13.9. The van der Waals surface area contributed by atoms with Crippen LogP contribution >= 0.6 is 23.4 Å². The van der Waals surface area contributed by atoms with Crippen molar-refractivity contribution in [2.45, 2.75) is 23.2 Å². The average molecular weight is 305 g/mol. The van der Waals surface area contributed by atoms with Gasteiger partial charge in [-0.1, -0.05) is 41.9 Å². The summed E-state index contributed by atoms with van der Waals surface area (Å²) >= 11 is 7.72. The molecule has 0 amide bonds. The van der Waals surface area contributed by atoms with Gasteiger partial charge in [0.2, 0.25) is 0 Å². The predicted molar refractivity (Wildman–Crippen MR) is 85.2 cm³/mol. The molecular formula is C16H17ClN2S. The fourth-order valence-corrected chi connectivity index (χ4v) is 3.70. The number of hydrogen-bond donors (Lipinski definition) is 0. The molecule has 1 fully saturated rings. The maximum atomic E-state index is 5.86. The fourth-order valence-electron chi connectivity index (χ4n) is 2.48. The van der Waals surface area contributed by atoms with E-state index in [0.29, 0.717) is 10.3 Å². The van der Waals surface area contributed by atoms with Crippen molar-refractivity contribution in [2.24, 2.45) is 0 Å². The summed E-state index contributed by atoms with van der Waals surface area (Å²) in [4.78, 5) is 6.88. The molecule has 0 N–H and O–H groups in total. The van der Waals surface area contributed by atoms with Gasteiger partial charge in [0.1, 0.15) is 0 Å². The van der Waals surface area contributed by atoms with Crippen molar-refractivity contribution in [2.75, 3.05) is 13.1 Å². The van der Waals surface area contributed by atoms with Gasteiger partial charge in [0.05, 0.1) is 10.0 Å². The van der Waals surface area contributed by atoms with Crippen LogP contribution in [0.4, 0.5) is 0 Å². The summed E-state index contributed by atoms with van der Waals surface area (Å²) in [6.45, 7) is 3.34. The molecule has 0 radical (unpaired) electrons. The molecule has 1 aromatic carbocycles. The van der Waals surface area contributed by atoms with Crippen molar-refractivity contribution in [3.8, 4) is 0 Å². The summed E-state index contributed by atoms with van der Waals surface area (Å²) in [5, 5.41) is 2.40. The standard InChI is InChI=1S/C16H17ClN2S/c17-14-6-7-16(18-10-14)20-15-8-9-19(12-15)11-13-4-2-1-3-5-13/h1-7,10,15H,8-9,11-12H2. The van der Waals surface area contributed by atoms with Gasteiger partial charge < -0.3 is 0 Å². The molecule has 1 atom stereocenters. The van der Waals surface area contributed by atoms with E-state index >= 15 is 0 Å². The zero-order chi connectivity index (χ0) is 13.8. The van der Waals surface area contributed by atoms with Crippen molar-refractivity contribution in [1.29, 1.82) is 0 Å². The van der Waals surface area contributed by atoms with Gasteiger partial charge in [-0.25, -0.2) is 4.98 Å². The number of likely N-dealkylation sites (tertiary alicyclic amines) is 1. The maximum absolute atomic E-state index is 5.86. The van der Waals surface area contributed by atoms with Crippen LogP contribution in [0.3, 0.4) is 0 Å². The third-order valence-corrected chi connectivity index (χ3v) is 4.89. The van der Waals surface area contributed by atoms with Gasteiger partial charge in [-0.05, 0) is 30.7 Å². The van der Waals surface area contributed by atoms with Crippen LogP contribution in [-0.4, -0.2) is 28.2 Å². The minimum absolute atomic E-state index is 0.632. The molecule has 0 spiro atoms. The second-order valence-electron chi connectivity index (χ2n) is 5.06. The van der Waals surface area contributed by atoms with Crippen molar-refractivity contribution < 1.29 is 0 Å². The Morgan fingerprint density at radius 2 is 2.05 bits per heavy atom. The summed E-state index contributed by atoms with van der Waals surface area (Å²) < 4.78 is 0. The lowest BCUT2D eigenvalue weighted by molar-refractivity contribution is 0.332. The number of benzene rings is 1. The van der Waals surface area contributed by atoms with Crippen LogP contribution < -0.4 is 0 Å². The van der Waals surface area contributed by atoms with E-state index in [2.05, 4.69) is 40.2 Å². The molecule has 0 bridgehead atoms. The molecule has 2 aromatic rings. The Labute approximate surface area is 129 Å². The number of hydrogen-bond acceptors (Lipinski definition) is 3. The Kier molecular flexibility index (Phi) is 4.61. The lowest BCUT2D eigenvalue weighted by atomic mass is 10.2. The summed E-state index contributed by atoms with van der Waals surface area (Å²) in [6, 6.07) is 14.6. The van der Waals surface area contributed by atoms with Crippen molar-refractivity contribution >= 4 is 23.4 Å². The van der Waals surface area contributed by atoms with Crippen molar-refractivity contribution in [3.05, 3.63) is 59.2 Å². The van der Waals surface area contributed by atoms with E-state index in [-0.39, 0.29) is 0 Å². The van der Waals surface area contributed by atoms with E-state index in [9.17, 15) is 0 Å². The fraction of sp³-hybridized carbons (Fsp3) is 0.312. The molecule has 1 aromatic heterocycles. The highest BCUT2D eigenvalue weighted by atomic mass is 35.5. The Morgan fingerprint density at radius 3 is 2.80 bits per heavy atom. The zero-order valence-corrected chi connectivity index (χ0v) is 12.8. The predicted octanol–water partition coefficient (Wildman–Crippen LogP) is 4.10. The van der Waals surface area contributed by atoms with Gasteiger partial charge >= 0.3 is 0 Å². The summed E-state index contributed by atoms with van der Waals surface area (Å²) in [5.41, 5.74) is 1.39. The van der Waals surface area contributed by atoms with Gasteiger partial charge in [0.25, 0.3) is 0 Å². The molecular weight excluding hydrogens is 288 g/mol. The lowest BCUT2D eigenvalue weighted by Gasteiger charge is -2.15. The first-order valence-corrected chi connectivity index (χ1v) is 8.10. The largest absolute Gasteiger partial charge is 0.298 e. The lowest BCUT2D eigenvalue weighted by Crippen LogP contribution is -2.20. The molecule has 2 heterocycles. The first-order valence-electron chi connectivity index (χ1n) is 6.84. The molecule has 3 rings (SSSR count). The highest BCUT2D eigenvalue weighted by molar-refractivity contribution is 7.99. The summed E-state index contributed by atoms with van der Waals surface area (Å²) in [7, 11) is 0. The number of halogens is 1. The van der Waals surface area contributed by atoms with Crippen LogP contribution in [0.5, 0.6) is 0 Å². The Morgan fingerprint density at radius 1 is 1.20 bits per heavy atom. The number of nitrogens with zero attached hydrogens (tertiary/aromatic N) is 2. The van der Waals surface area contributed by atoms with Crippen molar-refractivity contribution in [3.63, 3.8) is 0 Å². The van der Waals surface area contributed by atoms with Crippen LogP contribution in [0.2, 0.25) is 5.02 Å². The quantitative estimate of drug-likeness (QED) is 0.846. The molecule has 20 heavy (non-hydrogen) atoms. The zero-order valence-electron chi connectivity index (χ0n) is 11.2. The second-order valence-corrected chi connectivity index (χ2v) is 6.82. The minimum atomic E-state index is 0.632. The molecule has 1 saturated heterocycles. The van der Waals surface area contributed by atoms with Gasteiger partial charge in [-0.2, -0.15) is 0 Å². The van der Waals surface area contributed by atoms with E-state index < -0.39 is 0 Å². The topological polar surface area (TPSA) is 16.1 Å². The normalized spacial score (nSPS) is 19.4. The summed E-state index contributed by atoms with van der Waals surface area (Å²) in [6.07, 6.45) is 2.95. The van der Waals surface area contributed by atoms with E-state index in [1.165, 1.54) is 18.5 Å². The Bertz CT molecular complexity index is 544. The molecule has 1 aliphatic rings.